The Morgan fingerprint density at radius 1 is 1.35 bits per heavy atom. The van der Waals surface area contributed by atoms with E-state index in [0.29, 0.717) is 19.0 Å². The highest BCUT2D eigenvalue weighted by atomic mass is 16.1. The van der Waals surface area contributed by atoms with Crippen molar-refractivity contribution in [2.75, 3.05) is 18.9 Å². The molecule has 1 unspecified atom stereocenters. The molecule has 3 N–H and O–H groups in total. The van der Waals surface area contributed by atoms with Crippen LogP contribution in [-0.4, -0.2) is 30.4 Å². The number of carbonyl (C=O) groups excluding carboxylic acids is 1. The highest BCUT2D eigenvalue weighted by Gasteiger charge is 2.10. The van der Waals surface area contributed by atoms with E-state index in [1.165, 1.54) is 12.8 Å². The summed E-state index contributed by atoms with van der Waals surface area (Å²) in [5, 5.41) is 2.91. The minimum Gasteiger partial charge on any atom is -0.326 e. The molecule has 1 rings (SSSR count). The second kappa shape index (κ2) is 8.72. The van der Waals surface area contributed by atoms with E-state index in [2.05, 4.69) is 31.1 Å². The summed E-state index contributed by atoms with van der Waals surface area (Å²) in [6.07, 6.45) is 2.85. The maximum atomic E-state index is 11.9. The maximum Gasteiger partial charge on any atom is 0.225 e. The Balaban J connectivity index is 2.35. The Bertz CT molecular complexity index is 403. The van der Waals surface area contributed by atoms with Gasteiger partial charge in [0.15, 0.2) is 0 Å². The van der Waals surface area contributed by atoms with Gasteiger partial charge in [-0.25, -0.2) is 0 Å². The molecule has 4 heteroatoms. The van der Waals surface area contributed by atoms with Crippen LogP contribution < -0.4 is 11.1 Å². The van der Waals surface area contributed by atoms with Crippen molar-refractivity contribution < 1.29 is 4.79 Å². The van der Waals surface area contributed by atoms with Crippen LogP contribution >= 0.6 is 0 Å². The average molecular weight is 277 g/mol. The fourth-order valence-corrected chi connectivity index (χ4v) is 2.08. The number of nitrogens with zero attached hydrogens (tertiary/aromatic N) is 1. The van der Waals surface area contributed by atoms with Crippen molar-refractivity contribution in [2.45, 2.75) is 45.7 Å². The summed E-state index contributed by atoms with van der Waals surface area (Å²) < 4.78 is 0. The van der Waals surface area contributed by atoms with Crippen LogP contribution in [0.25, 0.3) is 0 Å². The lowest BCUT2D eigenvalue weighted by Gasteiger charge is -2.23. The standard InChI is InChI=1S/C16H27N3O/c1-4-5-13(2)19(3)11-10-16(20)18-15-8-6-14(12-17)7-9-15/h6-9,13H,4-5,10-12,17H2,1-3H3,(H,18,20). The Labute approximate surface area is 122 Å². The molecular formula is C16H27N3O. The molecule has 0 spiro atoms. The molecule has 4 nitrogen and oxygen atoms in total. The Kier molecular flexibility index (Phi) is 7.26. The normalized spacial score (nSPS) is 12.4. The van der Waals surface area contributed by atoms with Gasteiger partial charge in [0.25, 0.3) is 0 Å². The number of carbonyl (C=O) groups is 1. The molecule has 0 aliphatic rings. The van der Waals surface area contributed by atoms with Gasteiger partial charge in [0.1, 0.15) is 0 Å². The summed E-state index contributed by atoms with van der Waals surface area (Å²) in [7, 11) is 2.07. The molecule has 112 valence electrons. The van der Waals surface area contributed by atoms with Gasteiger partial charge in [-0.05, 0) is 38.1 Å². The van der Waals surface area contributed by atoms with Crippen molar-refractivity contribution in [1.82, 2.24) is 4.90 Å². The molecular weight excluding hydrogens is 250 g/mol. The predicted molar refractivity (Wildman–Crippen MR) is 84.6 cm³/mol. The lowest BCUT2D eigenvalue weighted by atomic mass is 10.1. The zero-order valence-electron chi connectivity index (χ0n) is 12.9. The molecule has 0 saturated carbocycles. The first kappa shape index (κ1) is 16.7. The number of anilines is 1. The van der Waals surface area contributed by atoms with Crippen molar-refractivity contribution in [3.63, 3.8) is 0 Å². The molecule has 1 amide bonds. The van der Waals surface area contributed by atoms with Crippen LogP contribution in [0.4, 0.5) is 5.69 Å². The first-order valence-corrected chi connectivity index (χ1v) is 7.36. The summed E-state index contributed by atoms with van der Waals surface area (Å²) in [4.78, 5) is 14.1. The smallest absolute Gasteiger partial charge is 0.225 e. The Morgan fingerprint density at radius 2 is 2.00 bits per heavy atom. The fourth-order valence-electron chi connectivity index (χ4n) is 2.08. The van der Waals surface area contributed by atoms with Crippen molar-refractivity contribution in [2.24, 2.45) is 5.73 Å². The number of hydrogen-bond acceptors (Lipinski definition) is 3. The number of hydrogen-bond donors (Lipinski definition) is 2. The van der Waals surface area contributed by atoms with Gasteiger partial charge in [-0.15, -0.1) is 0 Å². The zero-order valence-corrected chi connectivity index (χ0v) is 12.9. The number of nitrogens with two attached hydrogens (primary N) is 1. The quantitative estimate of drug-likeness (QED) is 0.768. The van der Waals surface area contributed by atoms with Crippen molar-refractivity contribution >= 4 is 11.6 Å². The van der Waals surface area contributed by atoms with Crippen LogP contribution in [0.1, 0.15) is 38.7 Å². The maximum absolute atomic E-state index is 11.9. The third-order valence-corrected chi connectivity index (χ3v) is 3.62. The highest BCUT2D eigenvalue weighted by molar-refractivity contribution is 5.90. The van der Waals surface area contributed by atoms with Gasteiger partial charge in [-0.3, -0.25) is 4.79 Å². The van der Waals surface area contributed by atoms with E-state index in [1.54, 1.807) is 0 Å². The highest BCUT2D eigenvalue weighted by Crippen LogP contribution is 2.10. The molecule has 0 bridgehead atoms. The zero-order chi connectivity index (χ0) is 15.0. The summed E-state index contributed by atoms with van der Waals surface area (Å²) in [6, 6.07) is 8.18. The first-order chi connectivity index (χ1) is 9.56. The van der Waals surface area contributed by atoms with Crippen LogP contribution in [0.15, 0.2) is 24.3 Å². The molecule has 0 aliphatic carbocycles. The van der Waals surface area contributed by atoms with E-state index in [4.69, 9.17) is 5.73 Å². The molecule has 0 heterocycles. The fraction of sp³-hybridized carbons (Fsp3) is 0.562. The van der Waals surface area contributed by atoms with Crippen LogP contribution in [0.5, 0.6) is 0 Å². The van der Waals surface area contributed by atoms with Gasteiger partial charge in [-0.2, -0.15) is 0 Å². The van der Waals surface area contributed by atoms with Crippen LogP contribution in [0, 0.1) is 0 Å². The van der Waals surface area contributed by atoms with E-state index < -0.39 is 0 Å². The van der Waals surface area contributed by atoms with Gasteiger partial charge in [0.2, 0.25) is 5.91 Å². The average Bonchev–Trinajstić information content (AvgIpc) is 2.45. The number of rotatable bonds is 8. The first-order valence-electron chi connectivity index (χ1n) is 7.36. The number of nitrogens with one attached hydrogen (secondary N) is 1. The van der Waals surface area contributed by atoms with Crippen molar-refractivity contribution in [3.8, 4) is 0 Å². The van der Waals surface area contributed by atoms with E-state index in [9.17, 15) is 4.79 Å². The van der Waals surface area contributed by atoms with Gasteiger partial charge < -0.3 is 16.0 Å². The summed E-state index contributed by atoms with van der Waals surface area (Å²) >= 11 is 0. The molecule has 0 fully saturated rings. The molecule has 0 radical (unpaired) electrons. The van der Waals surface area contributed by atoms with E-state index in [1.807, 2.05) is 24.3 Å². The third-order valence-electron chi connectivity index (χ3n) is 3.62. The van der Waals surface area contributed by atoms with Crippen molar-refractivity contribution in [1.29, 1.82) is 0 Å². The third kappa shape index (κ3) is 5.72. The second-order valence-electron chi connectivity index (χ2n) is 5.32. The van der Waals surface area contributed by atoms with E-state index >= 15 is 0 Å². The molecule has 1 aromatic carbocycles. The van der Waals surface area contributed by atoms with Crippen LogP contribution in [0.3, 0.4) is 0 Å². The monoisotopic (exact) mass is 277 g/mol. The minimum atomic E-state index is 0.0565. The summed E-state index contributed by atoms with van der Waals surface area (Å²) in [5.41, 5.74) is 7.44. The molecule has 1 atom stereocenters. The van der Waals surface area contributed by atoms with Gasteiger partial charge >= 0.3 is 0 Å². The molecule has 20 heavy (non-hydrogen) atoms. The predicted octanol–water partition coefficient (Wildman–Crippen LogP) is 2.59. The SMILES string of the molecule is CCCC(C)N(C)CCC(=O)Nc1ccc(CN)cc1. The minimum absolute atomic E-state index is 0.0565. The van der Waals surface area contributed by atoms with E-state index in [0.717, 1.165) is 17.8 Å². The molecule has 0 aliphatic heterocycles. The lowest BCUT2D eigenvalue weighted by molar-refractivity contribution is -0.116. The van der Waals surface area contributed by atoms with Gasteiger partial charge in [0.05, 0.1) is 0 Å². The lowest BCUT2D eigenvalue weighted by Crippen LogP contribution is -2.31. The molecule has 1 aromatic rings. The molecule has 0 aromatic heterocycles. The van der Waals surface area contributed by atoms with Gasteiger partial charge in [-0.1, -0.05) is 25.5 Å². The largest absolute Gasteiger partial charge is 0.326 e. The number of amides is 1. The van der Waals surface area contributed by atoms with Crippen LogP contribution in [0.2, 0.25) is 0 Å². The van der Waals surface area contributed by atoms with Crippen molar-refractivity contribution in [3.05, 3.63) is 29.8 Å². The van der Waals surface area contributed by atoms with Crippen LogP contribution in [-0.2, 0) is 11.3 Å². The number of benzene rings is 1. The Morgan fingerprint density at radius 3 is 2.55 bits per heavy atom. The Hall–Kier alpha value is -1.39. The van der Waals surface area contributed by atoms with Gasteiger partial charge in [0, 0.05) is 31.2 Å². The summed E-state index contributed by atoms with van der Waals surface area (Å²) in [5.74, 6) is 0.0565. The molecule has 0 saturated heterocycles. The van der Waals surface area contributed by atoms with E-state index in [-0.39, 0.29) is 5.91 Å². The second-order valence-corrected chi connectivity index (χ2v) is 5.32. The summed E-state index contributed by atoms with van der Waals surface area (Å²) in [6.45, 7) is 5.69. The topological polar surface area (TPSA) is 58.4 Å².